The van der Waals surface area contributed by atoms with Gasteiger partial charge in [-0.05, 0) is 49.2 Å². The fraction of sp³-hybridized carbons (Fsp3) is 0.182. The zero-order chi connectivity index (χ0) is 22.8. The monoisotopic (exact) mass is 450 g/mol. The normalized spacial score (nSPS) is 12.6. The number of ether oxygens (including phenoxy) is 1. The number of rotatable bonds is 6. The summed E-state index contributed by atoms with van der Waals surface area (Å²) in [6, 6.07) is 11.4. The van der Waals surface area contributed by atoms with Crippen molar-refractivity contribution in [1.82, 2.24) is 10.2 Å². The molecule has 0 fully saturated rings. The third-order valence-corrected chi connectivity index (χ3v) is 5.63. The zero-order valence-electron chi connectivity index (χ0n) is 17.2. The molecule has 3 amide bonds. The van der Waals surface area contributed by atoms with Gasteiger partial charge < -0.3 is 10.1 Å². The van der Waals surface area contributed by atoms with Gasteiger partial charge in [0.2, 0.25) is 5.13 Å². The van der Waals surface area contributed by atoms with Gasteiger partial charge in [-0.1, -0.05) is 30.4 Å². The molecule has 0 bridgehead atoms. The van der Waals surface area contributed by atoms with Crippen LogP contribution in [0.25, 0.3) is 0 Å². The first-order valence-corrected chi connectivity index (χ1v) is 10.6. The van der Waals surface area contributed by atoms with Crippen LogP contribution in [-0.4, -0.2) is 40.5 Å². The van der Waals surface area contributed by atoms with E-state index < -0.39 is 30.3 Å². The molecule has 0 radical (unpaired) electrons. The Bertz CT molecular complexity index is 1240. The number of hydrogen-bond acceptors (Lipinski definition) is 8. The Labute approximate surface area is 187 Å². The summed E-state index contributed by atoms with van der Waals surface area (Å²) in [5, 5.41) is 11.1. The molecule has 1 aromatic heterocycles. The molecule has 4 rings (SSSR count). The Balaban J connectivity index is 1.41. The summed E-state index contributed by atoms with van der Waals surface area (Å²) >= 11 is 1.11. The average molecular weight is 450 g/mol. The minimum absolute atomic E-state index is 0.0558. The van der Waals surface area contributed by atoms with Gasteiger partial charge in [0.25, 0.3) is 17.7 Å². The second-order valence-electron chi connectivity index (χ2n) is 6.98. The van der Waals surface area contributed by atoms with Crippen molar-refractivity contribution in [2.24, 2.45) is 0 Å². The lowest BCUT2D eigenvalue weighted by Crippen LogP contribution is -2.29. The molecular formula is C22H18N4O5S. The van der Waals surface area contributed by atoms with E-state index in [0.29, 0.717) is 10.7 Å². The van der Waals surface area contributed by atoms with Gasteiger partial charge >= 0.3 is 5.97 Å². The first-order chi connectivity index (χ1) is 15.4. The number of fused-ring (bicyclic) bond motifs is 1. The van der Waals surface area contributed by atoms with Gasteiger partial charge in [-0.2, -0.15) is 0 Å². The van der Waals surface area contributed by atoms with Crippen LogP contribution in [0.1, 0.15) is 48.6 Å². The van der Waals surface area contributed by atoms with E-state index in [1.165, 1.54) is 18.2 Å². The first kappa shape index (κ1) is 21.3. The number of nitrogens with zero attached hydrogens (tertiary/aromatic N) is 3. The van der Waals surface area contributed by atoms with Gasteiger partial charge in [-0.25, -0.2) is 9.69 Å². The van der Waals surface area contributed by atoms with Crippen molar-refractivity contribution < 1.29 is 23.9 Å². The first-order valence-electron chi connectivity index (χ1n) is 9.76. The van der Waals surface area contributed by atoms with E-state index in [-0.39, 0.29) is 21.8 Å². The van der Waals surface area contributed by atoms with Crippen LogP contribution in [0.2, 0.25) is 0 Å². The second-order valence-corrected chi connectivity index (χ2v) is 8.14. The Morgan fingerprint density at radius 2 is 1.75 bits per heavy atom. The summed E-state index contributed by atoms with van der Waals surface area (Å²) in [6.07, 6.45) is 0.888. The lowest BCUT2D eigenvalue weighted by molar-refractivity contribution is -0.119. The van der Waals surface area contributed by atoms with Crippen molar-refractivity contribution >= 4 is 45.8 Å². The van der Waals surface area contributed by atoms with E-state index >= 15 is 0 Å². The summed E-state index contributed by atoms with van der Waals surface area (Å²) < 4.78 is 5.06. The summed E-state index contributed by atoms with van der Waals surface area (Å²) in [6.45, 7) is 3.25. The van der Waals surface area contributed by atoms with Crippen molar-refractivity contribution in [3.63, 3.8) is 0 Å². The summed E-state index contributed by atoms with van der Waals surface area (Å²) in [5.41, 5.74) is 2.02. The smallest absolute Gasteiger partial charge is 0.338 e. The summed E-state index contributed by atoms with van der Waals surface area (Å²) in [7, 11) is 0. The van der Waals surface area contributed by atoms with Gasteiger partial charge in [-0.15, -0.1) is 10.2 Å². The number of aryl methyl sites for hydroxylation is 2. The molecule has 32 heavy (non-hydrogen) atoms. The highest BCUT2D eigenvalue weighted by Gasteiger charge is 2.39. The van der Waals surface area contributed by atoms with Gasteiger partial charge in [0.15, 0.2) is 6.61 Å². The van der Waals surface area contributed by atoms with E-state index in [2.05, 4.69) is 15.5 Å². The van der Waals surface area contributed by atoms with Gasteiger partial charge in [0.1, 0.15) is 5.01 Å². The van der Waals surface area contributed by atoms with E-state index in [1.54, 1.807) is 19.1 Å². The Morgan fingerprint density at radius 1 is 1.03 bits per heavy atom. The maximum Gasteiger partial charge on any atom is 0.338 e. The molecule has 10 heteroatoms. The predicted octanol–water partition coefficient (Wildman–Crippen LogP) is 3.01. The van der Waals surface area contributed by atoms with Crippen LogP contribution in [0.3, 0.4) is 0 Å². The van der Waals surface area contributed by atoms with Crippen LogP contribution in [-0.2, 0) is 16.0 Å². The number of carbonyl (C=O) groups is 4. The highest BCUT2D eigenvalue weighted by atomic mass is 32.1. The molecule has 1 aliphatic rings. The summed E-state index contributed by atoms with van der Waals surface area (Å²) in [4.78, 5) is 50.7. The molecule has 2 heterocycles. The largest absolute Gasteiger partial charge is 0.452 e. The Hall–Kier alpha value is -3.92. The van der Waals surface area contributed by atoms with Crippen molar-refractivity contribution in [2.75, 3.05) is 16.8 Å². The molecule has 2 aromatic carbocycles. The Morgan fingerprint density at radius 3 is 2.41 bits per heavy atom. The molecular weight excluding hydrogens is 432 g/mol. The maximum absolute atomic E-state index is 12.7. The van der Waals surface area contributed by atoms with Crippen LogP contribution in [0.5, 0.6) is 0 Å². The van der Waals surface area contributed by atoms with Gasteiger partial charge in [0.05, 0.1) is 16.7 Å². The number of nitrogens with one attached hydrogen (secondary N) is 1. The molecule has 0 spiro atoms. The van der Waals surface area contributed by atoms with E-state index in [1.807, 2.05) is 19.1 Å². The van der Waals surface area contributed by atoms with Crippen molar-refractivity contribution in [2.45, 2.75) is 20.3 Å². The number of carbonyl (C=O) groups excluding carboxylic acids is 4. The Kier molecular flexibility index (Phi) is 5.78. The molecule has 1 N–H and O–H groups in total. The van der Waals surface area contributed by atoms with Crippen LogP contribution in [0.15, 0.2) is 42.5 Å². The molecule has 162 valence electrons. The number of benzene rings is 2. The number of hydrogen-bond donors (Lipinski definition) is 1. The highest BCUT2D eigenvalue weighted by molar-refractivity contribution is 7.15. The molecule has 3 aromatic rings. The molecule has 9 nitrogen and oxygen atoms in total. The van der Waals surface area contributed by atoms with E-state index in [9.17, 15) is 19.2 Å². The molecule has 0 unspecified atom stereocenters. The van der Waals surface area contributed by atoms with E-state index in [0.717, 1.165) is 28.2 Å². The zero-order valence-corrected chi connectivity index (χ0v) is 18.1. The minimum atomic E-state index is -0.783. The molecule has 0 atom stereocenters. The van der Waals surface area contributed by atoms with Crippen molar-refractivity contribution in [3.8, 4) is 0 Å². The number of anilines is 2. The standard InChI is InChI=1S/C22H18N4O5S/c1-3-13-4-7-15(8-5-13)23-18(27)11-31-21(30)14-6-9-16-17(10-14)20(29)26(19(16)28)22-25-24-12(2)32-22/h4-10H,3,11H2,1-2H3,(H,23,27). The highest BCUT2D eigenvalue weighted by Crippen LogP contribution is 2.31. The van der Waals surface area contributed by atoms with E-state index in [4.69, 9.17) is 4.74 Å². The fourth-order valence-electron chi connectivity index (χ4n) is 3.15. The van der Waals surface area contributed by atoms with Gasteiger partial charge in [-0.3, -0.25) is 14.4 Å². The van der Waals surface area contributed by atoms with Gasteiger partial charge in [0, 0.05) is 5.69 Å². The average Bonchev–Trinajstić information content (AvgIpc) is 3.32. The quantitative estimate of drug-likeness (QED) is 0.453. The number of esters is 1. The van der Waals surface area contributed by atoms with Crippen LogP contribution in [0.4, 0.5) is 10.8 Å². The topological polar surface area (TPSA) is 119 Å². The second kappa shape index (κ2) is 8.67. The fourth-order valence-corrected chi connectivity index (χ4v) is 3.84. The third kappa shape index (κ3) is 4.12. The lowest BCUT2D eigenvalue weighted by atomic mass is 10.1. The SMILES string of the molecule is CCc1ccc(NC(=O)COC(=O)c2ccc3c(c2)C(=O)N(c2nnc(C)s2)C3=O)cc1. The third-order valence-electron chi connectivity index (χ3n) is 4.81. The van der Waals surface area contributed by atoms with Crippen LogP contribution < -0.4 is 10.2 Å². The lowest BCUT2D eigenvalue weighted by Gasteiger charge is -2.08. The molecule has 0 aliphatic carbocycles. The number of aromatic nitrogens is 2. The number of imide groups is 1. The van der Waals surface area contributed by atoms with Crippen LogP contribution >= 0.6 is 11.3 Å². The van der Waals surface area contributed by atoms with Crippen molar-refractivity contribution in [1.29, 1.82) is 0 Å². The molecule has 1 aliphatic heterocycles. The van der Waals surface area contributed by atoms with Crippen LogP contribution in [0, 0.1) is 6.92 Å². The predicted molar refractivity (Wildman–Crippen MR) is 117 cm³/mol. The maximum atomic E-state index is 12.7. The molecule has 0 saturated heterocycles. The minimum Gasteiger partial charge on any atom is -0.452 e. The summed E-state index contributed by atoms with van der Waals surface area (Å²) in [5.74, 6) is -2.40. The number of amides is 3. The molecule has 0 saturated carbocycles. The van der Waals surface area contributed by atoms with Crippen molar-refractivity contribution in [3.05, 3.63) is 69.7 Å².